The number of nitrogens with two attached hydrogens (primary N) is 1. The Kier molecular flexibility index (Phi) is 5.70. The molecule has 1 saturated carbocycles. The summed E-state index contributed by atoms with van der Waals surface area (Å²) < 4.78 is 22.2. The molecule has 0 heterocycles. The van der Waals surface area contributed by atoms with Gasteiger partial charge in [0, 0.05) is 23.8 Å². The van der Waals surface area contributed by atoms with Gasteiger partial charge in [-0.15, -0.1) is 0 Å². The van der Waals surface area contributed by atoms with E-state index in [-0.39, 0.29) is 23.6 Å². The Labute approximate surface area is 120 Å². The molecule has 1 amide bonds. The Hall–Kier alpha value is -0.270. The lowest BCUT2D eigenvalue weighted by atomic mass is 9.93. The number of rotatable bonds is 9. The average Bonchev–Trinajstić information content (AvgIpc) is 3.03. The number of nitrogens with one attached hydrogen (secondary N) is 1. The van der Waals surface area contributed by atoms with Crippen LogP contribution in [0.2, 0.25) is 0 Å². The molecular formula is C12H24N2O3S2. The van der Waals surface area contributed by atoms with E-state index in [0.29, 0.717) is 11.5 Å². The van der Waals surface area contributed by atoms with Crippen LogP contribution in [0.5, 0.6) is 0 Å². The molecule has 1 rings (SSSR count). The predicted molar refractivity (Wildman–Crippen MR) is 80.0 cm³/mol. The van der Waals surface area contributed by atoms with E-state index in [0.717, 1.165) is 12.8 Å². The monoisotopic (exact) mass is 308 g/mol. The molecule has 0 bridgehead atoms. The molecule has 0 aromatic rings. The highest BCUT2D eigenvalue weighted by molar-refractivity contribution is 8.00. The van der Waals surface area contributed by atoms with Crippen LogP contribution in [0.25, 0.3) is 0 Å². The summed E-state index contributed by atoms with van der Waals surface area (Å²) in [5.41, 5.74) is 4.91. The van der Waals surface area contributed by atoms with Gasteiger partial charge in [-0.2, -0.15) is 11.8 Å². The predicted octanol–water partition coefficient (Wildman–Crippen LogP) is 0.396. The van der Waals surface area contributed by atoms with Gasteiger partial charge in [0.1, 0.15) is 15.4 Å². The summed E-state index contributed by atoms with van der Waals surface area (Å²) in [5.74, 6) is 1.15. The molecule has 0 aromatic carbocycles. The fraction of sp³-hybridized carbons (Fsp3) is 0.917. The van der Waals surface area contributed by atoms with Crippen molar-refractivity contribution < 1.29 is 13.2 Å². The first kappa shape index (κ1) is 16.8. The van der Waals surface area contributed by atoms with Crippen molar-refractivity contribution in [3.05, 3.63) is 0 Å². The van der Waals surface area contributed by atoms with Crippen molar-refractivity contribution in [3.63, 3.8) is 0 Å². The van der Waals surface area contributed by atoms with Crippen molar-refractivity contribution in [2.75, 3.05) is 23.5 Å². The first-order valence-electron chi connectivity index (χ1n) is 6.50. The summed E-state index contributed by atoms with van der Waals surface area (Å²) in [4.78, 5) is 11.9. The molecule has 1 unspecified atom stereocenters. The summed E-state index contributed by atoms with van der Waals surface area (Å²) >= 11 is 1.48. The second kappa shape index (κ2) is 6.45. The number of carbonyl (C=O) groups excluding carboxylic acids is 1. The summed E-state index contributed by atoms with van der Waals surface area (Å²) in [6, 6.07) is 0.170. The fourth-order valence-corrected chi connectivity index (χ4v) is 4.77. The zero-order valence-electron chi connectivity index (χ0n) is 11.8. The van der Waals surface area contributed by atoms with Gasteiger partial charge < -0.3 is 11.1 Å². The van der Waals surface area contributed by atoms with Gasteiger partial charge in [0.25, 0.3) is 0 Å². The number of hydrogen-bond donors (Lipinski definition) is 2. The van der Waals surface area contributed by atoms with E-state index < -0.39 is 15.4 Å². The summed E-state index contributed by atoms with van der Waals surface area (Å²) in [6.45, 7) is 3.97. The van der Waals surface area contributed by atoms with Crippen LogP contribution < -0.4 is 11.1 Å². The normalized spacial score (nSPS) is 19.4. The maximum Gasteiger partial charge on any atom is 0.238 e. The van der Waals surface area contributed by atoms with Crippen LogP contribution in [0, 0.1) is 5.92 Å². The first-order valence-corrected chi connectivity index (χ1v) is 9.72. The van der Waals surface area contributed by atoms with E-state index >= 15 is 0 Å². The Bertz CT molecular complexity index is 419. The van der Waals surface area contributed by atoms with Crippen molar-refractivity contribution >= 4 is 27.5 Å². The Morgan fingerprint density at radius 2 is 2.05 bits per heavy atom. The van der Waals surface area contributed by atoms with Crippen LogP contribution >= 0.6 is 11.8 Å². The Balaban J connectivity index is 2.61. The van der Waals surface area contributed by atoms with E-state index in [2.05, 4.69) is 5.32 Å². The molecule has 5 nitrogen and oxygen atoms in total. The van der Waals surface area contributed by atoms with Crippen molar-refractivity contribution in [2.24, 2.45) is 11.7 Å². The lowest BCUT2D eigenvalue weighted by molar-refractivity contribution is -0.124. The van der Waals surface area contributed by atoms with Crippen LogP contribution in [-0.4, -0.2) is 49.4 Å². The van der Waals surface area contributed by atoms with Crippen molar-refractivity contribution in [2.45, 2.75) is 38.3 Å². The van der Waals surface area contributed by atoms with Crippen molar-refractivity contribution in [3.8, 4) is 0 Å². The third-order valence-electron chi connectivity index (χ3n) is 3.19. The molecule has 1 atom stereocenters. The van der Waals surface area contributed by atoms with Gasteiger partial charge in [-0.3, -0.25) is 4.79 Å². The van der Waals surface area contributed by atoms with Gasteiger partial charge in [0.2, 0.25) is 5.91 Å². The number of amides is 1. The summed E-state index contributed by atoms with van der Waals surface area (Å²) in [7, 11) is -2.95. The highest BCUT2D eigenvalue weighted by Gasteiger charge is 2.49. The Morgan fingerprint density at radius 1 is 1.47 bits per heavy atom. The van der Waals surface area contributed by atoms with Crippen molar-refractivity contribution in [1.82, 2.24) is 5.32 Å². The van der Waals surface area contributed by atoms with E-state index in [1.165, 1.54) is 18.0 Å². The minimum Gasteiger partial charge on any atom is -0.368 e. The topological polar surface area (TPSA) is 89.3 Å². The van der Waals surface area contributed by atoms with Crippen LogP contribution in [0.4, 0.5) is 0 Å². The van der Waals surface area contributed by atoms with Gasteiger partial charge in [0.05, 0.1) is 5.75 Å². The number of primary amides is 1. The standard InChI is InChI=1S/C12H24N2O3S2/c1-9(2)14-12(11(13)15,10-4-5-10)8-18-6-7-19(3,16)17/h9-10,14H,4-8H2,1-3H3,(H2,13,15). The maximum atomic E-state index is 11.9. The lowest BCUT2D eigenvalue weighted by Crippen LogP contribution is -2.61. The first-order chi connectivity index (χ1) is 8.67. The summed E-state index contributed by atoms with van der Waals surface area (Å²) in [5, 5.41) is 3.31. The largest absolute Gasteiger partial charge is 0.368 e. The Morgan fingerprint density at radius 3 is 2.42 bits per heavy atom. The third kappa shape index (κ3) is 5.31. The van der Waals surface area contributed by atoms with Gasteiger partial charge in [0.15, 0.2) is 0 Å². The van der Waals surface area contributed by atoms with E-state index in [1.807, 2.05) is 13.8 Å². The minimum absolute atomic E-state index is 0.138. The second-order valence-electron chi connectivity index (χ2n) is 5.59. The number of carbonyl (C=O) groups is 1. The highest BCUT2D eigenvalue weighted by atomic mass is 32.2. The molecule has 3 N–H and O–H groups in total. The van der Waals surface area contributed by atoms with Crippen molar-refractivity contribution in [1.29, 1.82) is 0 Å². The SMILES string of the molecule is CC(C)NC(CSCCS(C)(=O)=O)(C(N)=O)C1CC1. The molecule has 1 aliphatic carbocycles. The molecule has 0 radical (unpaired) electrons. The number of hydrogen-bond acceptors (Lipinski definition) is 5. The average molecular weight is 308 g/mol. The molecule has 7 heteroatoms. The van der Waals surface area contributed by atoms with Crippen LogP contribution in [0.3, 0.4) is 0 Å². The molecule has 1 fully saturated rings. The number of sulfone groups is 1. The molecule has 1 aliphatic rings. The molecule has 0 aliphatic heterocycles. The van der Waals surface area contributed by atoms with Crippen LogP contribution in [0.15, 0.2) is 0 Å². The highest BCUT2D eigenvalue weighted by Crippen LogP contribution is 2.41. The zero-order chi connectivity index (χ0) is 14.7. The van der Waals surface area contributed by atoms with Crippen LogP contribution in [0.1, 0.15) is 26.7 Å². The smallest absolute Gasteiger partial charge is 0.238 e. The maximum absolute atomic E-state index is 11.9. The van der Waals surface area contributed by atoms with Gasteiger partial charge in [-0.1, -0.05) is 0 Å². The quantitative estimate of drug-likeness (QED) is 0.602. The molecule has 19 heavy (non-hydrogen) atoms. The molecule has 112 valence electrons. The van der Waals surface area contributed by atoms with E-state index in [9.17, 15) is 13.2 Å². The van der Waals surface area contributed by atoms with Gasteiger partial charge in [-0.25, -0.2) is 8.42 Å². The molecule has 0 spiro atoms. The zero-order valence-corrected chi connectivity index (χ0v) is 13.4. The number of thioether (sulfide) groups is 1. The van der Waals surface area contributed by atoms with Gasteiger partial charge in [-0.05, 0) is 32.6 Å². The van der Waals surface area contributed by atoms with E-state index in [4.69, 9.17) is 5.73 Å². The van der Waals surface area contributed by atoms with Crippen LogP contribution in [-0.2, 0) is 14.6 Å². The third-order valence-corrected chi connectivity index (χ3v) is 5.54. The molecule has 0 aromatic heterocycles. The summed E-state index contributed by atoms with van der Waals surface area (Å²) in [6.07, 6.45) is 3.24. The van der Waals surface area contributed by atoms with Gasteiger partial charge >= 0.3 is 0 Å². The fourth-order valence-electron chi connectivity index (χ4n) is 2.16. The lowest BCUT2D eigenvalue weighted by Gasteiger charge is -2.33. The molecular weight excluding hydrogens is 284 g/mol. The second-order valence-corrected chi connectivity index (χ2v) is 8.96. The molecule has 0 saturated heterocycles. The minimum atomic E-state index is -2.95. The van der Waals surface area contributed by atoms with E-state index in [1.54, 1.807) is 0 Å².